The number of carboxylic acid groups (broad SMARTS) is 1. The summed E-state index contributed by atoms with van der Waals surface area (Å²) in [4.78, 5) is 10.5. The van der Waals surface area contributed by atoms with E-state index in [2.05, 4.69) is 15.9 Å². The minimum absolute atomic E-state index is 0.0301. The summed E-state index contributed by atoms with van der Waals surface area (Å²) in [6.45, 7) is 1.24. The lowest BCUT2D eigenvalue weighted by molar-refractivity contribution is -0.138. The number of nitrogens with one attached hydrogen (secondary N) is 1. The molecule has 0 aliphatic carbocycles. The summed E-state index contributed by atoms with van der Waals surface area (Å²) in [5.41, 5.74) is 0. The number of hydrogen-bond donors (Lipinski definition) is 2. The number of carboxylic acids is 1. The van der Waals surface area contributed by atoms with E-state index in [1.165, 1.54) is 13.0 Å². The van der Waals surface area contributed by atoms with Gasteiger partial charge in [0.15, 0.2) is 0 Å². The second-order valence-corrected chi connectivity index (χ2v) is 7.59. The van der Waals surface area contributed by atoms with E-state index in [0.29, 0.717) is 3.79 Å². The smallest absolute Gasteiger partial charge is 0.321 e. The second-order valence-electron chi connectivity index (χ2n) is 2.87. The highest BCUT2D eigenvalue weighted by Gasteiger charge is 2.24. The number of thiophene rings is 1. The summed E-state index contributed by atoms with van der Waals surface area (Å²) in [6.07, 6.45) is 0. The molecule has 0 aliphatic heterocycles. The Hall–Kier alpha value is -0.150. The van der Waals surface area contributed by atoms with E-state index < -0.39 is 22.0 Å². The second kappa shape index (κ2) is 5.01. The molecule has 0 radical (unpaired) electrons. The molecule has 0 bridgehead atoms. The zero-order valence-corrected chi connectivity index (χ0v) is 11.9. The monoisotopic (exact) mass is 347 g/mol. The molecule has 0 fully saturated rings. The van der Waals surface area contributed by atoms with Gasteiger partial charge in [-0.1, -0.05) is 11.6 Å². The van der Waals surface area contributed by atoms with Crippen LogP contribution >= 0.6 is 38.9 Å². The predicted octanol–water partition coefficient (Wildman–Crippen LogP) is 1.92. The van der Waals surface area contributed by atoms with Crippen LogP contribution in [0, 0.1) is 0 Å². The van der Waals surface area contributed by atoms with E-state index in [1.807, 2.05) is 4.72 Å². The van der Waals surface area contributed by atoms with Gasteiger partial charge in [0.2, 0.25) is 0 Å². The lowest BCUT2D eigenvalue weighted by Crippen LogP contribution is -2.37. The van der Waals surface area contributed by atoms with Crippen LogP contribution in [0.5, 0.6) is 0 Å². The van der Waals surface area contributed by atoms with Crippen molar-refractivity contribution < 1.29 is 18.3 Å². The molecule has 1 atom stereocenters. The van der Waals surface area contributed by atoms with Gasteiger partial charge in [-0.2, -0.15) is 4.72 Å². The third kappa shape index (κ3) is 3.17. The lowest BCUT2D eigenvalue weighted by atomic mass is 10.4. The van der Waals surface area contributed by atoms with E-state index in [-0.39, 0.29) is 9.23 Å². The number of halogens is 2. The lowest BCUT2D eigenvalue weighted by Gasteiger charge is -2.07. The molecule has 1 rings (SSSR count). The van der Waals surface area contributed by atoms with E-state index in [4.69, 9.17) is 16.7 Å². The van der Waals surface area contributed by atoms with Gasteiger partial charge in [0, 0.05) is 0 Å². The molecule has 90 valence electrons. The maximum atomic E-state index is 11.7. The summed E-state index contributed by atoms with van der Waals surface area (Å²) in [5, 5.41) is 8.86. The van der Waals surface area contributed by atoms with Crippen molar-refractivity contribution in [2.75, 3.05) is 0 Å². The molecule has 0 aliphatic rings. The van der Waals surface area contributed by atoms with Crippen LogP contribution in [0.15, 0.2) is 14.1 Å². The van der Waals surface area contributed by atoms with Gasteiger partial charge >= 0.3 is 5.97 Å². The van der Waals surface area contributed by atoms with Gasteiger partial charge in [-0.15, -0.1) is 11.3 Å². The van der Waals surface area contributed by atoms with Crippen LogP contribution in [0.4, 0.5) is 0 Å². The van der Waals surface area contributed by atoms with Crippen LogP contribution in [0.1, 0.15) is 6.92 Å². The minimum Gasteiger partial charge on any atom is -0.480 e. The number of hydrogen-bond acceptors (Lipinski definition) is 4. The Bertz CT molecular complexity index is 493. The molecule has 0 spiro atoms. The highest BCUT2D eigenvalue weighted by molar-refractivity contribution is 9.11. The molecule has 5 nitrogen and oxygen atoms in total. The van der Waals surface area contributed by atoms with Crippen LogP contribution in [0.25, 0.3) is 0 Å². The molecule has 0 saturated heterocycles. The zero-order valence-electron chi connectivity index (χ0n) is 7.90. The van der Waals surface area contributed by atoms with Gasteiger partial charge in [-0.25, -0.2) is 8.42 Å². The van der Waals surface area contributed by atoms with E-state index in [9.17, 15) is 13.2 Å². The summed E-state index contributed by atoms with van der Waals surface area (Å²) >= 11 is 9.69. The largest absolute Gasteiger partial charge is 0.480 e. The van der Waals surface area contributed by atoms with Crippen molar-refractivity contribution in [3.05, 3.63) is 14.9 Å². The molecule has 0 amide bonds. The van der Waals surface area contributed by atoms with Crippen molar-refractivity contribution in [3.8, 4) is 0 Å². The van der Waals surface area contributed by atoms with Crippen LogP contribution in [0.3, 0.4) is 0 Å². The van der Waals surface area contributed by atoms with Crippen LogP contribution in [0.2, 0.25) is 5.02 Å². The maximum Gasteiger partial charge on any atom is 0.321 e. The fourth-order valence-corrected chi connectivity index (χ4v) is 4.41. The number of aliphatic carboxylic acids is 1. The Labute approximate surface area is 110 Å². The first-order valence-corrected chi connectivity index (χ1v) is 7.41. The number of carbonyl (C=O) groups is 1. The Morgan fingerprint density at radius 3 is 2.62 bits per heavy atom. The van der Waals surface area contributed by atoms with Crippen molar-refractivity contribution in [2.24, 2.45) is 0 Å². The molecular formula is C7H7BrClNO4S2. The van der Waals surface area contributed by atoms with Crippen LogP contribution in [-0.4, -0.2) is 25.5 Å². The van der Waals surface area contributed by atoms with E-state index in [1.54, 1.807) is 0 Å². The Kier molecular flexibility index (Phi) is 4.35. The highest BCUT2D eigenvalue weighted by Crippen LogP contribution is 2.34. The third-order valence-corrected chi connectivity index (χ3v) is 6.08. The fraction of sp³-hybridized carbons (Fsp3) is 0.286. The molecule has 0 unspecified atom stereocenters. The number of sulfonamides is 1. The minimum atomic E-state index is -3.83. The van der Waals surface area contributed by atoms with Gasteiger partial charge in [0.25, 0.3) is 10.0 Å². The Balaban J connectivity index is 2.99. The standard InChI is InChI=1S/C7H7BrClNO4S2/c1-3(7(11)12)10-16(13,14)5-2-4(9)6(8)15-5/h2-3,10H,1H3,(H,11,12)/t3-/m1/s1. The first kappa shape index (κ1) is 13.9. The van der Waals surface area contributed by atoms with Crippen molar-refractivity contribution in [1.82, 2.24) is 4.72 Å². The predicted molar refractivity (Wildman–Crippen MR) is 64.4 cm³/mol. The topological polar surface area (TPSA) is 83.5 Å². The fourth-order valence-electron chi connectivity index (χ4n) is 0.800. The molecular weight excluding hydrogens is 342 g/mol. The number of rotatable bonds is 4. The van der Waals surface area contributed by atoms with Gasteiger partial charge in [-0.3, -0.25) is 4.79 Å². The zero-order chi connectivity index (χ0) is 12.5. The van der Waals surface area contributed by atoms with Crippen LogP contribution < -0.4 is 4.72 Å². The normalized spacial score (nSPS) is 13.7. The van der Waals surface area contributed by atoms with Crippen molar-refractivity contribution in [3.63, 3.8) is 0 Å². The van der Waals surface area contributed by atoms with Gasteiger partial charge < -0.3 is 5.11 Å². The summed E-state index contributed by atoms with van der Waals surface area (Å²) in [7, 11) is -3.83. The average Bonchev–Trinajstić information content (AvgIpc) is 2.47. The first-order valence-electron chi connectivity index (χ1n) is 3.94. The Morgan fingerprint density at radius 2 is 2.25 bits per heavy atom. The van der Waals surface area contributed by atoms with Crippen molar-refractivity contribution in [2.45, 2.75) is 17.2 Å². The summed E-state index contributed by atoms with van der Waals surface area (Å²) in [6, 6.07) is 0.0670. The third-order valence-electron chi connectivity index (χ3n) is 1.59. The van der Waals surface area contributed by atoms with Gasteiger partial charge in [-0.05, 0) is 28.9 Å². The maximum absolute atomic E-state index is 11.7. The Morgan fingerprint density at radius 1 is 1.69 bits per heavy atom. The molecule has 0 aromatic carbocycles. The highest BCUT2D eigenvalue weighted by atomic mass is 79.9. The molecule has 9 heteroatoms. The average molecular weight is 349 g/mol. The van der Waals surface area contributed by atoms with Crippen LogP contribution in [-0.2, 0) is 14.8 Å². The molecule has 1 aromatic heterocycles. The van der Waals surface area contributed by atoms with Crippen molar-refractivity contribution >= 4 is 54.9 Å². The SMILES string of the molecule is C[C@@H](NS(=O)(=O)c1cc(Cl)c(Br)s1)C(=O)O. The van der Waals surface area contributed by atoms with Crippen molar-refractivity contribution in [1.29, 1.82) is 0 Å². The summed E-state index contributed by atoms with van der Waals surface area (Å²) in [5.74, 6) is -1.25. The summed E-state index contributed by atoms with van der Waals surface area (Å²) < 4.78 is 25.8. The molecule has 16 heavy (non-hydrogen) atoms. The van der Waals surface area contributed by atoms with E-state index in [0.717, 1.165) is 11.3 Å². The van der Waals surface area contributed by atoms with E-state index >= 15 is 0 Å². The quantitative estimate of drug-likeness (QED) is 0.870. The molecule has 1 heterocycles. The van der Waals surface area contributed by atoms with Gasteiger partial charge in [0.05, 0.1) is 8.81 Å². The molecule has 0 saturated carbocycles. The molecule has 1 aromatic rings. The van der Waals surface area contributed by atoms with Gasteiger partial charge in [0.1, 0.15) is 10.3 Å². The first-order chi connectivity index (χ1) is 7.24. The molecule has 2 N–H and O–H groups in total.